The van der Waals surface area contributed by atoms with Gasteiger partial charge in [-0.3, -0.25) is 0 Å². The van der Waals surface area contributed by atoms with Gasteiger partial charge in [0.05, 0.1) is 12.0 Å². The molecule has 160 valence electrons. The Bertz CT molecular complexity index is 1270. The molecule has 5 nitrogen and oxygen atoms in total. The minimum atomic E-state index is -1.34. The van der Waals surface area contributed by atoms with Crippen LogP contribution in [0.25, 0.3) is 21.2 Å². The summed E-state index contributed by atoms with van der Waals surface area (Å²) in [5.74, 6) is -1.43. The van der Waals surface area contributed by atoms with Crippen molar-refractivity contribution in [3.05, 3.63) is 94.9 Å². The molecule has 0 radical (unpaired) electrons. The molecule has 5 rings (SSSR count). The standard InChI is InChI=1S/C26H21NO4S/c28-25(29)23(13-16-15-32-24-12-6-5-7-17(16)24)27-26(30)31-14-22-20-10-3-1-8-18(20)19-9-2-4-11-21(19)22/h1-12,15,22-23H,13-14H2,(H,27,30)(H,28,29)/p-1/t23-/m1/s1. The van der Waals surface area contributed by atoms with Gasteiger partial charge in [-0.15, -0.1) is 11.3 Å². The first kappa shape index (κ1) is 20.3. The van der Waals surface area contributed by atoms with Crippen LogP contribution < -0.4 is 10.4 Å². The Hall–Kier alpha value is -3.64. The number of amides is 1. The number of hydrogen-bond acceptors (Lipinski definition) is 5. The third-order valence-corrected chi connectivity index (χ3v) is 6.92. The lowest BCUT2D eigenvalue weighted by atomic mass is 9.98. The molecule has 6 heteroatoms. The Morgan fingerprint density at radius 1 is 0.938 bits per heavy atom. The zero-order valence-electron chi connectivity index (χ0n) is 17.1. The monoisotopic (exact) mass is 442 g/mol. The van der Waals surface area contributed by atoms with E-state index in [2.05, 4.69) is 17.4 Å². The van der Waals surface area contributed by atoms with Crippen LogP contribution in [0.5, 0.6) is 0 Å². The molecule has 0 fully saturated rings. The van der Waals surface area contributed by atoms with E-state index in [1.807, 2.05) is 66.0 Å². The summed E-state index contributed by atoms with van der Waals surface area (Å²) in [7, 11) is 0. The van der Waals surface area contributed by atoms with E-state index < -0.39 is 18.1 Å². The second-order valence-corrected chi connectivity index (χ2v) is 8.71. The molecule has 0 bridgehead atoms. The highest BCUT2D eigenvalue weighted by atomic mass is 32.1. The van der Waals surface area contributed by atoms with Crippen LogP contribution in [-0.4, -0.2) is 24.7 Å². The minimum absolute atomic E-state index is 0.0876. The highest BCUT2D eigenvalue weighted by Crippen LogP contribution is 2.44. The number of carbonyl (C=O) groups is 2. The Labute approximate surface area is 189 Å². The van der Waals surface area contributed by atoms with Gasteiger partial charge in [0, 0.05) is 10.6 Å². The van der Waals surface area contributed by atoms with Crippen molar-refractivity contribution in [1.82, 2.24) is 5.32 Å². The van der Waals surface area contributed by atoms with E-state index in [0.29, 0.717) is 0 Å². The van der Waals surface area contributed by atoms with Gasteiger partial charge in [-0.05, 0) is 51.1 Å². The number of fused-ring (bicyclic) bond motifs is 4. The zero-order chi connectivity index (χ0) is 22.1. The highest BCUT2D eigenvalue weighted by molar-refractivity contribution is 7.17. The summed E-state index contributed by atoms with van der Waals surface area (Å²) in [6.07, 6.45) is -0.628. The van der Waals surface area contributed by atoms with Gasteiger partial charge >= 0.3 is 6.09 Å². The maximum atomic E-state index is 12.5. The Morgan fingerprint density at radius 3 is 2.25 bits per heavy atom. The topological polar surface area (TPSA) is 78.5 Å². The molecule has 0 saturated carbocycles. The van der Waals surface area contributed by atoms with Crippen LogP contribution in [0.15, 0.2) is 78.2 Å². The van der Waals surface area contributed by atoms with Gasteiger partial charge in [0.15, 0.2) is 0 Å². The number of nitrogens with one attached hydrogen (secondary N) is 1. The second-order valence-electron chi connectivity index (χ2n) is 7.80. The van der Waals surface area contributed by atoms with E-state index in [1.165, 1.54) is 0 Å². The Kier molecular flexibility index (Phi) is 5.37. The number of thiophene rings is 1. The van der Waals surface area contributed by atoms with Gasteiger partial charge in [0.25, 0.3) is 0 Å². The Balaban J connectivity index is 1.28. The van der Waals surface area contributed by atoms with Crippen LogP contribution in [0, 0.1) is 0 Å². The number of benzene rings is 3. The normalized spacial score (nSPS) is 13.4. The molecular weight excluding hydrogens is 422 g/mol. The van der Waals surface area contributed by atoms with Gasteiger partial charge < -0.3 is 20.0 Å². The summed E-state index contributed by atoms with van der Waals surface area (Å²) >= 11 is 1.54. The largest absolute Gasteiger partial charge is 0.548 e. The van der Waals surface area contributed by atoms with Crippen LogP contribution in [0.2, 0.25) is 0 Å². The third-order valence-electron chi connectivity index (χ3n) is 5.91. The Morgan fingerprint density at radius 2 is 1.56 bits per heavy atom. The molecule has 32 heavy (non-hydrogen) atoms. The molecule has 0 aliphatic heterocycles. The SMILES string of the molecule is O=C(N[C@H](Cc1csc2ccccc12)C(=O)[O-])OCC1c2ccccc2-c2ccccc21. The number of aliphatic carboxylic acids is 1. The summed E-state index contributed by atoms with van der Waals surface area (Å²) in [4.78, 5) is 24.2. The van der Waals surface area contributed by atoms with Crippen LogP contribution in [-0.2, 0) is 16.0 Å². The molecule has 1 heterocycles. The van der Waals surface area contributed by atoms with Crippen molar-refractivity contribution in [2.45, 2.75) is 18.4 Å². The van der Waals surface area contributed by atoms with Crippen LogP contribution in [0.3, 0.4) is 0 Å². The number of rotatable bonds is 6. The van der Waals surface area contributed by atoms with E-state index in [4.69, 9.17) is 4.74 Å². The molecule has 1 amide bonds. The molecule has 1 aliphatic rings. The zero-order valence-corrected chi connectivity index (χ0v) is 17.9. The fourth-order valence-electron chi connectivity index (χ4n) is 4.39. The van der Waals surface area contributed by atoms with Gasteiger partial charge in [0.2, 0.25) is 0 Å². The first-order valence-corrected chi connectivity index (χ1v) is 11.3. The van der Waals surface area contributed by atoms with E-state index >= 15 is 0 Å². The molecule has 0 spiro atoms. The summed E-state index contributed by atoms with van der Waals surface area (Å²) in [6.45, 7) is 0.126. The summed E-state index contributed by atoms with van der Waals surface area (Å²) in [6, 6.07) is 22.7. The fraction of sp³-hybridized carbons (Fsp3) is 0.154. The third kappa shape index (κ3) is 3.74. The van der Waals surface area contributed by atoms with Gasteiger partial charge in [-0.1, -0.05) is 66.7 Å². The van der Waals surface area contributed by atoms with Gasteiger partial charge in [-0.25, -0.2) is 4.79 Å². The van der Waals surface area contributed by atoms with Crippen molar-refractivity contribution in [2.75, 3.05) is 6.61 Å². The highest BCUT2D eigenvalue weighted by Gasteiger charge is 2.29. The summed E-state index contributed by atoms with van der Waals surface area (Å²) < 4.78 is 6.56. The average Bonchev–Trinajstić information content (AvgIpc) is 3.36. The van der Waals surface area contributed by atoms with Crippen LogP contribution in [0.4, 0.5) is 4.79 Å². The van der Waals surface area contributed by atoms with Crippen LogP contribution in [0.1, 0.15) is 22.6 Å². The molecule has 0 saturated heterocycles. The maximum Gasteiger partial charge on any atom is 0.407 e. The van der Waals surface area contributed by atoms with E-state index in [1.54, 1.807) is 11.3 Å². The van der Waals surface area contributed by atoms with Crippen molar-refractivity contribution in [3.8, 4) is 11.1 Å². The predicted molar refractivity (Wildman–Crippen MR) is 123 cm³/mol. The molecule has 1 aliphatic carbocycles. The lowest BCUT2D eigenvalue weighted by Gasteiger charge is -2.20. The lowest BCUT2D eigenvalue weighted by molar-refractivity contribution is -0.308. The van der Waals surface area contributed by atoms with Crippen molar-refractivity contribution >= 4 is 33.5 Å². The molecule has 0 unspecified atom stereocenters. The number of hydrogen-bond donors (Lipinski definition) is 1. The first-order valence-electron chi connectivity index (χ1n) is 10.4. The molecule has 4 aromatic rings. The number of carbonyl (C=O) groups excluding carboxylic acids is 2. The average molecular weight is 443 g/mol. The number of carboxylic acid groups (broad SMARTS) is 1. The fourth-order valence-corrected chi connectivity index (χ4v) is 5.36. The minimum Gasteiger partial charge on any atom is -0.548 e. The second kappa shape index (κ2) is 8.48. The first-order chi connectivity index (χ1) is 15.6. The van der Waals surface area contributed by atoms with Crippen molar-refractivity contribution in [1.29, 1.82) is 0 Å². The molecule has 1 N–H and O–H groups in total. The van der Waals surface area contributed by atoms with E-state index in [-0.39, 0.29) is 18.9 Å². The molecule has 1 aromatic heterocycles. The molecule has 3 aromatic carbocycles. The van der Waals surface area contributed by atoms with Crippen molar-refractivity contribution < 1.29 is 19.4 Å². The molecule has 1 atom stereocenters. The number of alkyl carbamates (subject to hydrolysis) is 1. The summed E-state index contributed by atoms with van der Waals surface area (Å²) in [5, 5.41) is 17.1. The van der Waals surface area contributed by atoms with E-state index in [9.17, 15) is 14.7 Å². The van der Waals surface area contributed by atoms with Gasteiger partial charge in [0.1, 0.15) is 6.61 Å². The number of ether oxygens (including phenoxy) is 1. The van der Waals surface area contributed by atoms with E-state index in [0.717, 1.165) is 37.9 Å². The summed E-state index contributed by atoms with van der Waals surface area (Å²) in [5.41, 5.74) is 5.33. The van der Waals surface area contributed by atoms with Crippen molar-refractivity contribution in [2.24, 2.45) is 0 Å². The predicted octanol–water partition coefficient (Wildman–Crippen LogP) is 4.10. The maximum absolute atomic E-state index is 12.5. The smallest absolute Gasteiger partial charge is 0.407 e. The quantitative estimate of drug-likeness (QED) is 0.488. The van der Waals surface area contributed by atoms with Crippen LogP contribution >= 0.6 is 11.3 Å². The van der Waals surface area contributed by atoms with Gasteiger partial charge in [-0.2, -0.15) is 0 Å². The van der Waals surface area contributed by atoms with Crippen molar-refractivity contribution in [3.63, 3.8) is 0 Å². The molecular formula is C26H20NO4S-. The lowest BCUT2D eigenvalue weighted by Crippen LogP contribution is -2.49. The number of carboxylic acids is 1.